The number of hydrogen-bond acceptors (Lipinski definition) is 2. The number of carboxylic acids is 1. The summed E-state index contributed by atoms with van der Waals surface area (Å²) in [5.41, 5.74) is 0. The van der Waals surface area contributed by atoms with Crippen LogP contribution in [0.1, 0.15) is 46.0 Å². The SMILES string of the molecule is CCN(CC(=O)O)C(=O)CC1CCCC(C)C1. The van der Waals surface area contributed by atoms with Crippen molar-refractivity contribution in [2.45, 2.75) is 46.0 Å². The molecule has 1 N–H and O–H groups in total. The zero-order valence-electron chi connectivity index (χ0n) is 10.8. The molecule has 1 aliphatic rings. The van der Waals surface area contributed by atoms with Crippen molar-refractivity contribution >= 4 is 11.9 Å². The third-order valence-electron chi connectivity index (χ3n) is 3.57. The second kappa shape index (κ2) is 6.62. The molecule has 4 nitrogen and oxygen atoms in total. The molecule has 1 fully saturated rings. The Morgan fingerprint density at radius 2 is 2.06 bits per heavy atom. The lowest BCUT2D eigenvalue weighted by Gasteiger charge is -2.28. The predicted molar refractivity (Wildman–Crippen MR) is 65.6 cm³/mol. The Morgan fingerprint density at radius 1 is 1.35 bits per heavy atom. The van der Waals surface area contributed by atoms with Crippen molar-refractivity contribution in [1.29, 1.82) is 0 Å². The van der Waals surface area contributed by atoms with Crippen LogP contribution in [-0.4, -0.2) is 35.0 Å². The van der Waals surface area contributed by atoms with Crippen LogP contribution < -0.4 is 0 Å². The molecule has 0 aromatic rings. The topological polar surface area (TPSA) is 57.6 Å². The highest BCUT2D eigenvalue weighted by Crippen LogP contribution is 2.30. The zero-order valence-corrected chi connectivity index (χ0v) is 10.8. The third-order valence-corrected chi connectivity index (χ3v) is 3.57. The smallest absolute Gasteiger partial charge is 0.323 e. The fraction of sp³-hybridized carbons (Fsp3) is 0.846. The van der Waals surface area contributed by atoms with Crippen molar-refractivity contribution in [3.8, 4) is 0 Å². The first-order valence-corrected chi connectivity index (χ1v) is 6.52. The maximum Gasteiger partial charge on any atom is 0.323 e. The van der Waals surface area contributed by atoms with E-state index in [0.717, 1.165) is 12.8 Å². The van der Waals surface area contributed by atoms with E-state index in [1.807, 2.05) is 6.92 Å². The molecule has 17 heavy (non-hydrogen) atoms. The average Bonchev–Trinajstić information content (AvgIpc) is 2.25. The number of nitrogens with zero attached hydrogens (tertiary/aromatic N) is 1. The highest BCUT2D eigenvalue weighted by molar-refractivity contribution is 5.81. The van der Waals surface area contributed by atoms with E-state index in [2.05, 4.69) is 6.92 Å². The van der Waals surface area contributed by atoms with Crippen LogP contribution >= 0.6 is 0 Å². The van der Waals surface area contributed by atoms with Crippen LogP contribution in [-0.2, 0) is 9.59 Å². The maximum absolute atomic E-state index is 11.9. The minimum Gasteiger partial charge on any atom is -0.480 e. The molecule has 1 aliphatic carbocycles. The maximum atomic E-state index is 11.9. The zero-order chi connectivity index (χ0) is 12.8. The molecule has 0 saturated heterocycles. The summed E-state index contributed by atoms with van der Waals surface area (Å²) in [6.45, 7) is 4.36. The normalized spacial score (nSPS) is 24.4. The predicted octanol–water partition coefficient (Wildman–Crippen LogP) is 2.14. The summed E-state index contributed by atoms with van der Waals surface area (Å²) >= 11 is 0. The molecule has 0 aliphatic heterocycles. The molecule has 1 rings (SSSR count). The molecule has 0 spiro atoms. The second-order valence-corrected chi connectivity index (χ2v) is 5.14. The van der Waals surface area contributed by atoms with Gasteiger partial charge in [-0.05, 0) is 31.6 Å². The van der Waals surface area contributed by atoms with E-state index in [-0.39, 0.29) is 12.5 Å². The molecule has 0 bridgehead atoms. The number of hydrogen-bond donors (Lipinski definition) is 1. The van der Waals surface area contributed by atoms with Crippen LogP contribution in [0.15, 0.2) is 0 Å². The summed E-state index contributed by atoms with van der Waals surface area (Å²) in [6, 6.07) is 0. The standard InChI is InChI=1S/C13H23NO3/c1-3-14(9-13(16)17)12(15)8-11-6-4-5-10(2)7-11/h10-11H,3-9H2,1-2H3,(H,16,17). The molecule has 1 amide bonds. The largest absolute Gasteiger partial charge is 0.480 e. The van der Waals surface area contributed by atoms with Gasteiger partial charge in [-0.3, -0.25) is 9.59 Å². The van der Waals surface area contributed by atoms with Gasteiger partial charge in [0.25, 0.3) is 0 Å². The number of aliphatic carboxylic acids is 1. The van der Waals surface area contributed by atoms with E-state index in [4.69, 9.17) is 5.11 Å². The van der Waals surface area contributed by atoms with Gasteiger partial charge in [-0.25, -0.2) is 0 Å². The molecule has 0 aromatic heterocycles. The lowest BCUT2D eigenvalue weighted by molar-refractivity contribution is -0.144. The fourth-order valence-corrected chi connectivity index (χ4v) is 2.66. The number of likely N-dealkylation sites (N-methyl/N-ethyl adjacent to an activating group) is 1. The van der Waals surface area contributed by atoms with Gasteiger partial charge in [0.15, 0.2) is 0 Å². The average molecular weight is 241 g/mol. The van der Waals surface area contributed by atoms with Crippen molar-refractivity contribution in [2.24, 2.45) is 11.8 Å². The molecule has 0 radical (unpaired) electrons. The molecular formula is C13H23NO3. The Balaban J connectivity index is 2.43. The van der Waals surface area contributed by atoms with E-state index < -0.39 is 5.97 Å². The highest BCUT2D eigenvalue weighted by Gasteiger charge is 2.24. The molecule has 4 heteroatoms. The van der Waals surface area contributed by atoms with Gasteiger partial charge in [0.2, 0.25) is 5.91 Å². The van der Waals surface area contributed by atoms with Gasteiger partial charge in [-0.15, -0.1) is 0 Å². The Labute approximate surface area is 103 Å². The summed E-state index contributed by atoms with van der Waals surface area (Å²) in [5.74, 6) is 0.219. The van der Waals surface area contributed by atoms with Gasteiger partial charge in [0, 0.05) is 13.0 Å². The Morgan fingerprint density at radius 3 is 2.59 bits per heavy atom. The van der Waals surface area contributed by atoms with Crippen LogP contribution in [0.5, 0.6) is 0 Å². The minimum absolute atomic E-state index is 0.00556. The van der Waals surface area contributed by atoms with Crippen molar-refractivity contribution in [1.82, 2.24) is 4.90 Å². The molecule has 98 valence electrons. The quantitative estimate of drug-likeness (QED) is 0.802. The molecule has 1 saturated carbocycles. The first-order chi connectivity index (χ1) is 8.02. The van der Waals surface area contributed by atoms with Crippen molar-refractivity contribution in [3.05, 3.63) is 0 Å². The van der Waals surface area contributed by atoms with E-state index in [1.54, 1.807) is 0 Å². The van der Waals surface area contributed by atoms with Gasteiger partial charge >= 0.3 is 5.97 Å². The Kier molecular flexibility index (Phi) is 5.45. The molecule has 0 aromatic carbocycles. The summed E-state index contributed by atoms with van der Waals surface area (Å²) in [5, 5.41) is 8.72. The molecule has 0 heterocycles. The minimum atomic E-state index is -0.933. The molecule has 2 atom stereocenters. The van der Waals surface area contributed by atoms with Crippen LogP contribution in [0.3, 0.4) is 0 Å². The van der Waals surface area contributed by atoms with Crippen LogP contribution in [0.25, 0.3) is 0 Å². The van der Waals surface area contributed by atoms with E-state index in [0.29, 0.717) is 24.8 Å². The number of carbonyl (C=O) groups is 2. The monoisotopic (exact) mass is 241 g/mol. The van der Waals surface area contributed by atoms with Gasteiger partial charge in [0.05, 0.1) is 0 Å². The van der Waals surface area contributed by atoms with E-state index >= 15 is 0 Å². The summed E-state index contributed by atoms with van der Waals surface area (Å²) in [7, 11) is 0. The fourth-order valence-electron chi connectivity index (χ4n) is 2.66. The second-order valence-electron chi connectivity index (χ2n) is 5.14. The van der Waals surface area contributed by atoms with E-state index in [9.17, 15) is 9.59 Å². The lowest BCUT2D eigenvalue weighted by Crippen LogP contribution is -2.36. The first-order valence-electron chi connectivity index (χ1n) is 6.52. The van der Waals surface area contributed by atoms with Gasteiger partial charge < -0.3 is 10.0 Å². The first kappa shape index (κ1) is 14.0. The van der Waals surface area contributed by atoms with Crippen molar-refractivity contribution < 1.29 is 14.7 Å². The van der Waals surface area contributed by atoms with Crippen LogP contribution in [0.2, 0.25) is 0 Å². The summed E-state index contributed by atoms with van der Waals surface area (Å²) < 4.78 is 0. The van der Waals surface area contributed by atoms with Crippen LogP contribution in [0.4, 0.5) is 0 Å². The molecular weight excluding hydrogens is 218 g/mol. The van der Waals surface area contributed by atoms with Crippen molar-refractivity contribution in [2.75, 3.05) is 13.1 Å². The number of amides is 1. The molecule has 2 unspecified atom stereocenters. The summed E-state index contributed by atoms with van der Waals surface area (Å²) in [6.07, 6.45) is 5.20. The van der Waals surface area contributed by atoms with E-state index in [1.165, 1.54) is 17.7 Å². The lowest BCUT2D eigenvalue weighted by atomic mass is 9.80. The Hall–Kier alpha value is -1.06. The summed E-state index contributed by atoms with van der Waals surface area (Å²) in [4.78, 5) is 24.0. The van der Waals surface area contributed by atoms with Gasteiger partial charge in [-0.2, -0.15) is 0 Å². The number of carbonyl (C=O) groups excluding carboxylic acids is 1. The number of rotatable bonds is 5. The van der Waals surface area contributed by atoms with Gasteiger partial charge in [0.1, 0.15) is 6.54 Å². The third kappa shape index (κ3) is 4.75. The Bertz CT molecular complexity index is 278. The highest BCUT2D eigenvalue weighted by atomic mass is 16.4. The van der Waals surface area contributed by atoms with Gasteiger partial charge in [-0.1, -0.05) is 19.8 Å². The number of carboxylic acid groups (broad SMARTS) is 1. The van der Waals surface area contributed by atoms with Crippen LogP contribution in [0, 0.1) is 11.8 Å². The van der Waals surface area contributed by atoms with Crippen molar-refractivity contribution in [3.63, 3.8) is 0 Å².